The van der Waals surface area contributed by atoms with Crippen LogP contribution in [0.3, 0.4) is 0 Å². The first-order chi connectivity index (χ1) is 13.5. The van der Waals surface area contributed by atoms with Crippen LogP contribution in [0.5, 0.6) is 0 Å². The van der Waals surface area contributed by atoms with Gasteiger partial charge in [0.25, 0.3) is 5.91 Å². The Hall–Kier alpha value is -2.63. The van der Waals surface area contributed by atoms with E-state index < -0.39 is 6.04 Å². The fourth-order valence-corrected chi connectivity index (χ4v) is 3.80. The maximum Gasteiger partial charge on any atom is 0.255 e. The number of fused-ring (bicyclic) bond motifs is 1. The first-order valence-corrected chi connectivity index (χ1v) is 9.91. The Labute approximate surface area is 176 Å². The number of amides is 2. The molecule has 28 heavy (non-hydrogen) atoms. The molecule has 0 aliphatic carbocycles. The van der Waals surface area contributed by atoms with Gasteiger partial charge in [-0.25, -0.2) is 0 Å². The van der Waals surface area contributed by atoms with Gasteiger partial charge < -0.3 is 10.2 Å². The van der Waals surface area contributed by atoms with Crippen LogP contribution in [0.25, 0.3) is 0 Å². The first-order valence-electron chi connectivity index (χ1n) is 8.74. The maximum atomic E-state index is 13.4. The van der Waals surface area contributed by atoms with Gasteiger partial charge in [0, 0.05) is 26.3 Å². The molecule has 140 valence electrons. The Morgan fingerprint density at radius 1 is 1.00 bits per heavy atom. The number of halogens is 2. The lowest BCUT2D eigenvalue weighted by Crippen LogP contribution is -2.38. The van der Waals surface area contributed by atoms with Crippen LogP contribution in [0.2, 0.25) is 5.02 Å². The Kier molecular flexibility index (Phi) is 5.20. The molecule has 1 aliphatic heterocycles. The minimum atomic E-state index is -0.413. The number of para-hydroxylation sites is 1. The lowest BCUT2D eigenvalue weighted by molar-refractivity contribution is -0.117. The summed E-state index contributed by atoms with van der Waals surface area (Å²) in [5.74, 6) is -0.436. The van der Waals surface area contributed by atoms with Crippen molar-refractivity contribution in [3.63, 3.8) is 0 Å². The average molecular weight is 456 g/mol. The predicted molar refractivity (Wildman–Crippen MR) is 114 cm³/mol. The molecule has 1 unspecified atom stereocenters. The number of rotatable bonds is 2. The zero-order valence-electron chi connectivity index (χ0n) is 14.7. The molecule has 0 spiro atoms. The lowest BCUT2D eigenvalue weighted by atomic mass is 9.95. The molecular formula is C22H16BrClN2O2. The summed E-state index contributed by atoms with van der Waals surface area (Å²) in [7, 11) is 0. The van der Waals surface area contributed by atoms with E-state index >= 15 is 0 Å². The van der Waals surface area contributed by atoms with Crippen LogP contribution in [0.4, 0.5) is 5.69 Å². The number of carbonyl (C=O) groups excluding carboxylic acids is 2. The summed E-state index contributed by atoms with van der Waals surface area (Å²) in [6.45, 7) is -0.0448. The minimum absolute atomic E-state index is 0.0448. The molecule has 1 atom stereocenters. The highest BCUT2D eigenvalue weighted by Crippen LogP contribution is 2.36. The third kappa shape index (κ3) is 3.68. The molecule has 4 nitrogen and oxygen atoms in total. The van der Waals surface area contributed by atoms with E-state index in [9.17, 15) is 9.59 Å². The van der Waals surface area contributed by atoms with Crippen molar-refractivity contribution in [1.29, 1.82) is 0 Å². The molecule has 0 aromatic heterocycles. The summed E-state index contributed by atoms with van der Waals surface area (Å²) in [4.78, 5) is 27.5. The fraction of sp³-hybridized carbons (Fsp3) is 0.0909. The molecule has 0 fully saturated rings. The van der Waals surface area contributed by atoms with Crippen molar-refractivity contribution >= 4 is 45.0 Å². The number of nitrogens with one attached hydrogen (secondary N) is 1. The van der Waals surface area contributed by atoms with Crippen LogP contribution in [0.1, 0.15) is 27.5 Å². The van der Waals surface area contributed by atoms with Crippen molar-refractivity contribution in [1.82, 2.24) is 4.90 Å². The molecule has 0 radical (unpaired) electrons. The van der Waals surface area contributed by atoms with Gasteiger partial charge in [-0.2, -0.15) is 0 Å². The number of carbonyl (C=O) groups is 2. The second kappa shape index (κ2) is 7.78. The number of hydrogen-bond acceptors (Lipinski definition) is 2. The van der Waals surface area contributed by atoms with Gasteiger partial charge in [0.05, 0.1) is 6.04 Å². The highest BCUT2D eigenvalue weighted by molar-refractivity contribution is 9.10. The van der Waals surface area contributed by atoms with Gasteiger partial charge in [-0.05, 0) is 48.0 Å². The van der Waals surface area contributed by atoms with Crippen molar-refractivity contribution in [3.8, 4) is 0 Å². The summed E-state index contributed by atoms with van der Waals surface area (Å²) in [6, 6.07) is 21.6. The van der Waals surface area contributed by atoms with Crippen LogP contribution in [0.15, 0.2) is 77.3 Å². The SMILES string of the molecule is O=C1CN(C(=O)c2ccc(Br)cc2)C(c2ccc(Cl)cc2)c2ccccc2N1. The molecule has 0 saturated carbocycles. The molecule has 0 bridgehead atoms. The smallest absolute Gasteiger partial charge is 0.255 e. The summed E-state index contributed by atoms with van der Waals surface area (Å²) < 4.78 is 0.886. The number of hydrogen-bond donors (Lipinski definition) is 1. The van der Waals surface area contributed by atoms with Crippen LogP contribution in [0, 0.1) is 0 Å². The minimum Gasteiger partial charge on any atom is -0.324 e. The van der Waals surface area contributed by atoms with Gasteiger partial charge in [-0.1, -0.05) is 57.9 Å². The number of anilines is 1. The Balaban J connectivity index is 1.86. The van der Waals surface area contributed by atoms with Crippen LogP contribution >= 0.6 is 27.5 Å². The Bertz CT molecular complexity index is 1040. The van der Waals surface area contributed by atoms with Crippen molar-refractivity contribution in [2.75, 3.05) is 11.9 Å². The molecule has 4 rings (SSSR count). The predicted octanol–water partition coefficient (Wildman–Crippen LogP) is 5.29. The van der Waals surface area contributed by atoms with E-state index in [2.05, 4.69) is 21.2 Å². The number of nitrogens with zero attached hydrogens (tertiary/aromatic N) is 1. The molecule has 3 aromatic carbocycles. The third-order valence-electron chi connectivity index (χ3n) is 4.69. The quantitative estimate of drug-likeness (QED) is 0.571. The zero-order chi connectivity index (χ0) is 19.7. The van der Waals surface area contributed by atoms with E-state index in [4.69, 9.17) is 11.6 Å². The summed E-state index contributed by atoms with van der Waals surface area (Å²) in [6.07, 6.45) is 0. The summed E-state index contributed by atoms with van der Waals surface area (Å²) >= 11 is 9.45. The molecular weight excluding hydrogens is 440 g/mol. The highest BCUT2D eigenvalue weighted by atomic mass is 79.9. The van der Waals surface area contributed by atoms with E-state index in [1.54, 1.807) is 29.2 Å². The standard InChI is InChI=1S/C22H16BrClN2O2/c23-16-9-5-15(6-10-16)22(28)26-13-20(27)25-19-4-2-1-3-18(19)21(26)14-7-11-17(24)12-8-14/h1-12,21H,13H2,(H,25,27). The van der Waals surface area contributed by atoms with Crippen molar-refractivity contribution in [2.45, 2.75) is 6.04 Å². The largest absolute Gasteiger partial charge is 0.324 e. The van der Waals surface area contributed by atoms with E-state index in [0.29, 0.717) is 16.3 Å². The van der Waals surface area contributed by atoms with Crippen LogP contribution in [-0.2, 0) is 4.79 Å². The van der Waals surface area contributed by atoms with E-state index in [1.807, 2.05) is 48.5 Å². The van der Waals surface area contributed by atoms with Gasteiger partial charge in [-0.15, -0.1) is 0 Å². The molecule has 6 heteroatoms. The van der Waals surface area contributed by atoms with Crippen molar-refractivity contribution < 1.29 is 9.59 Å². The van der Waals surface area contributed by atoms with E-state index in [0.717, 1.165) is 15.6 Å². The monoisotopic (exact) mass is 454 g/mol. The number of benzene rings is 3. The molecule has 2 amide bonds. The summed E-state index contributed by atoms with van der Waals surface area (Å²) in [5.41, 5.74) is 2.98. The van der Waals surface area contributed by atoms with Crippen molar-refractivity contribution in [3.05, 3.63) is 99.0 Å². The van der Waals surface area contributed by atoms with Gasteiger partial charge in [-0.3, -0.25) is 9.59 Å². The Morgan fingerprint density at radius 3 is 2.39 bits per heavy atom. The molecule has 1 heterocycles. The van der Waals surface area contributed by atoms with Crippen LogP contribution in [-0.4, -0.2) is 23.3 Å². The van der Waals surface area contributed by atoms with Crippen molar-refractivity contribution in [2.24, 2.45) is 0 Å². The molecule has 1 aliphatic rings. The lowest BCUT2D eigenvalue weighted by Gasteiger charge is -2.30. The normalized spacial score (nSPS) is 16.1. The topological polar surface area (TPSA) is 49.4 Å². The first kappa shape index (κ1) is 18.7. The highest BCUT2D eigenvalue weighted by Gasteiger charge is 2.33. The second-order valence-electron chi connectivity index (χ2n) is 6.53. The molecule has 0 saturated heterocycles. The van der Waals surface area contributed by atoms with E-state index in [-0.39, 0.29) is 18.4 Å². The van der Waals surface area contributed by atoms with Gasteiger partial charge in [0.2, 0.25) is 5.91 Å². The summed E-state index contributed by atoms with van der Waals surface area (Å²) in [5, 5.41) is 3.53. The average Bonchev–Trinajstić information content (AvgIpc) is 2.84. The Morgan fingerprint density at radius 2 is 1.68 bits per heavy atom. The second-order valence-corrected chi connectivity index (χ2v) is 7.88. The third-order valence-corrected chi connectivity index (χ3v) is 5.47. The van der Waals surface area contributed by atoms with Gasteiger partial charge >= 0.3 is 0 Å². The molecule has 3 aromatic rings. The van der Waals surface area contributed by atoms with Crippen LogP contribution < -0.4 is 5.32 Å². The fourth-order valence-electron chi connectivity index (χ4n) is 3.40. The van der Waals surface area contributed by atoms with Gasteiger partial charge in [0.15, 0.2) is 0 Å². The van der Waals surface area contributed by atoms with E-state index in [1.165, 1.54) is 0 Å². The zero-order valence-corrected chi connectivity index (χ0v) is 17.1. The maximum absolute atomic E-state index is 13.4. The molecule has 1 N–H and O–H groups in total. The van der Waals surface area contributed by atoms with Gasteiger partial charge in [0.1, 0.15) is 6.54 Å².